The van der Waals surface area contributed by atoms with Crippen LogP contribution in [0.25, 0.3) is 0 Å². The zero-order chi connectivity index (χ0) is 14.8. The molecule has 1 heterocycles. The lowest BCUT2D eigenvalue weighted by Gasteiger charge is -2.15. The minimum atomic E-state index is -3.83. The lowest BCUT2D eigenvalue weighted by atomic mass is 10.1. The van der Waals surface area contributed by atoms with Gasteiger partial charge in [-0.15, -0.1) is 0 Å². The standard InChI is InChI=1S/C13H18ClNO4S/c1-15-9-11(20(14,17)18)8-12(15)13(16)19-10-6-4-2-3-5-7-10/h8-10H,2-7H2,1H3. The number of carbonyl (C=O) groups is 1. The number of esters is 1. The van der Waals surface area contributed by atoms with Gasteiger partial charge in [-0.1, -0.05) is 12.8 Å². The summed E-state index contributed by atoms with van der Waals surface area (Å²) in [5.41, 5.74) is 0.202. The highest BCUT2D eigenvalue weighted by atomic mass is 35.7. The molecular weight excluding hydrogens is 302 g/mol. The largest absolute Gasteiger partial charge is 0.458 e. The fourth-order valence-electron chi connectivity index (χ4n) is 2.44. The van der Waals surface area contributed by atoms with Crippen molar-refractivity contribution in [1.82, 2.24) is 4.57 Å². The molecule has 0 bridgehead atoms. The number of halogens is 1. The zero-order valence-electron chi connectivity index (χ0n) is 11.3. The summed E-state index contributed by atoms with van der Waals surface area (Å²) in [6, 6.07) is 1.25. The molecule has 0 N–H and O–H groups in total. The van der Waals surface area contributed by atoms with Crippen molar-refractivity contribution in [3.63, 3.8) is 0 Å². The molecule has 1 aliphatic rings. The molecule has 7 heteroatoms. The lowest BCUT2D eigenvalue weighted by Crippen LogP contribution is -2.19. The summed E-state index contributed by atoms with van der Waals surface area (Å²) < 4.78 is 29.4. The summed E-state index contributed by atoms with van der Waals surface area (Å²) in [5, 5.41) is 0. The third-order valence-electron chi connectivity index (χ3n) is 3.55. The van der Waals surface area contributed by atoms with Gasteiger partial charge in [-0.05, 0) is 31.7 Å². The van der Waals surface area contributed by atoms with Crippen LogP contribution in [-0.2, 0) is 20.8 Å². The number of aryl methyl sites for hydroxylation is 1. The van der Waals surface area contributed by atoms with Crippen LogP contribution < -0.4 is 0 Å². The molecule has 1 fully saturated rings. The quantitative estimate of drug-likeness (QED) is 0.488. The van der Waals surface area contributed by atoms with Crippen LogP contribution in [0.5, 0.6) is 0 Å². The van der Waals surface area contributed by atoms with Gasteiger partial charge >= 0.3 is 5.97 Å². The predicted octanol–water partition coefficient (Wildman–Crippen LogP) is 2.83. The van der Waals surface area contributed by atoms with E-state index >= 15 is 0 Å². The van der Waals surface area contributed by atoms with Crippen molar-refractivity contribution in [2.24, 2.45) is 7.05 Å². The highest BCUT2D eigenvalue weighted by molar-refractivity contribution is 8.13. The predicted molar refractivity (Wildman–Crippen MR) is 75.4 cm³/mol. The molecule has 2 rings (SSSR count). The number of carbonyl (C=O) groups excluding carboxylic acids is 1. The molecule has 1 saturated carbocycles. The van der Waals surface area contributed by atoms with Crippen molar-refractivity contribution in [2.75, 3.05) is 0 Å². The van der Waals surface area contributed by atoms with Gasteiger partial charge in [0.25, 0.3) is 9.05 Å². The van der Waals surface area contributed by atoms with Gasteiger partial charge in [-0.3, -0.25) is 0 Å². The summed E-state index contributed by atoms with van der Waals surface area (Å²) in [5.74, 6) is -0.494. The van der Waals surface area contributed by atoms with Crippen molar-refractivity contribution in [3.05, 3.63) is 18.0 Å². The van der Waals surface area contributed by atoms with Gasteiger partial charge < -0.3 is 9.30 Å². The minimum absolute atomic E-state index is 0.0732. The van der Waals surface area contributed by atoms with E-state index in [1.807, 2.05) is 0 Å². The van der Waals surface area contributed by atoms with Crippen LogP contribution in [0, 0.1) is 0 Å². The van der Waals surface area contributed by atoms with Crippen LogP contribution >= 0.6 is 10.7 Å². The van der Waals surface area contributed by atoms with Crippen LogP contribution in [0.1, 0.15) is 49.0 Å². The Morgan fingerprint density at radius 2 is 1.90 bits per heavy atom. The van der Waals surface area contributed by atoms with Crippen molar-refractivity contribution >= 4 is 25.7 Å². The van der Waals surface area contributed by atoms with Crippen molar-refractivity contribution in [1.29, 1.82) is 0 Å². The molecule has 0 saturated heterocycles. The van der Waals surface area contributed by atoms with Crippen LogP contribution in [0.15, 0.2) is 17.2 Å². The van der Waals surface area contributed by atoms with E-state index in [1.165, 1.54) is 29.7 Å². The molecule has 0 atom stereocenters. The third-order valence-corrected chi connectivity index (χ3v) is 4.87. The summed E-state index contributed by atoms with van der Waals surface area (Å²) in [6.07, 6.45) is 7.45. The van der Waals surface area contributed by atoms with E-state index in [0.29, 0.717) is 0 Å². The topological polar surface area (TPSA) is 65.4 Å². The summed E-state index contributed by atoms with van der Waals surface area (Å²) in [7, 11) is 3.03. The first-order chi connectivity index (χ1) is 9.38. The van der Waals surface area contributed by atoms with E-state index in [9.17, 15) is 13.2 Å². The number of hydrogen-bond donors (Lipinski definition) is 0. The fraction of sp³-hybridized carbons (Fsp3) is 0.615. The SMILES string of the molecule is Cn1cc(S(=O)(=O)Cl)cc1C(=O)OC1CCCCCC1. The van der Waals surface area contributed by atoms with E-state index in [-0.39, 0.29) is 16.7 Å². The second-order valence-electron chi connectivity index (χ2n) is 5.13. The Morgan fingerprint density at radius 3 is 2.40 bits per heavy atom. The van der Waals surface area contributed by atoms with E-state index in [4.69, 9.17) is 15.4 Å². The van der Waals surface area contributed by atoms with E-state index in [1.54, 1.807) is 7.05 Å². The van der Waals surface area contributed by atoms with Crippen molar-refractivity contribution < 1.29 is 17.9 Å². The third kappa shape index (κ3) is 3.76. The normalized spacial score (nSPS) is 17.7. The molecule has 0 unspecified atom stereocenters. The minimum Gasteiger partial charge on any atom is -0.458 e. The molecule has 1 aliphatic carbocycles. The van der Waals surface area contributed by atoms with Gasteiger partial charge in [0.1, 0.15) is 16.7 Å². The highest BCUT2D eigenvalue weighted by Crippen LogP contribution is 2.22. The Labute approximate surface area is 123 Å². The number of rotatable bonds is 3. The maximum Gasteiger partial charge on any atom is 0.355 e. The van der Waals surface area contributed by atoms with Gasteiger partial charge in [0, 0.05) is 23.9 Å². The Bertz CT molecular complexity index is 586. The van der Waals surface area contributed by atoms with Crippen LogP contribution in [-0.4, -0.2) is 25.1 Å². The van der Waals surface area contributed by atoms with E-state index < -0.39 is 15.0 Å². The second kappa shape index (κ2) is 6.18. The van der Waals surface area contributed by atoms with Crippen LogP contribution in [0.3, 0.4) is 0 Å². The zero-order valence-corrected chi connectivity index (χ0v) is 12.9. The molecular formula is C13H18ClNO4S. The number of aromatic nitrogens is 1. The summed E-state index contributed by atoms with van der Waals surface area (Å²) >= 11 is 0. The monoisotopic (exact) mass is 319 g/mol. The maximum atomic E-state index is 12.1. The summed E-state index contributed by atoms with van der Waals surface area (Å²) in [4.78, 5) is 12.0. The molecule has 0 amide bonds. The number of ether oxygens (including phenoxy) is 1. The van der Waals surface area contributed by atoms with Crippen molar-refractivity contribution in [2.45, 2.75) is 49.5 Å². The second-order valence-corrected chi connectivity index (χ2v) is 7.69. The Kier molecular flexibility index (Phi) is 4.75. The molecule has 20 heavy (non-hydrogen) atoms. The van der Waals surface area contributed by atoms with Gasteiger partial charge in [-0.2, -0.15) is 0 Å². The van der Waals surface area contributed by atoms with Gasteiger partial charge in [0.15, 0.2) is 0 Å². The van der Waals surface area contributed by atoms with Gasteiger partial charge in [0.2, 0.25) is 0 Å². The van der Waals surface area contributed by atoms with Gasteiger partial charge in [0.05, 0.1) is 0 Å². The molecule has 1 aromatic rings. The molecule has 1 aromatic heterocycles. The summed E-state index contributed by atoms with van der Waals surface area (Å²) in [6.45, 7) is 0. The van der Waals surface area contributed by atoms with Gasteiger partial charge in [-0.25, -0.2) is 13.2 Å². The average Bonchev–Trinajstić information content (AvgIpc) is 2.58. The Hall–Kier alpha value is -1.01. The fourth-order valence-corrected chi connectivity index (χ4v) is 3.23. The Morgan fingerprint density at radius 1 is 1.30 bits per heavy atom. The Balaban J connectivity index is 2.11. The molecule has 0 spiro atoms. The first-order valence-electron chi connectivity index (χ1n) is 6.70. The number of hydrogen-bond acceptors (Lipinski definition) is 4. The average molecular weight is 320 g/mol. The lowest BCUT2D eigenvalue weighted by molar-refractivity contribution is 0.0256. The smallest absolute Gasteiger partial charge is 0.355 e. The highest BCUT2D eigenvalue weighted by Gasteiger charge is 2.22. The van der Waals surface area contributed by atoms with E-state index in [0.717, 1.165) is 25.7 Å². The molecule has 5 nitrogen and oxygen atoms in total. The number of nitrogens with zero attached hydrogens (tertiary/aromatic N) is 1. The maximum absolute atomic E-state index is 12.1. The molecule has 0 radical (unpaired) electrons. The van der Waals surface area contributed by atoms with Crippen LogP contribution in [0.2, 0.25) is 0 Å². The van der Waals surface area contributed by atoms with E-state index in [2.05, 4.69) is 0 Å². The molecule has 112 valence electrons. The van der Waals surface area contributed by atoms with Crippen molar-refractivity contribution in [3.8, 4) is 0 Å². The first-order valence-corrected chi connectivity index (χ1v) is 9.01. The van der Waals surface area contributed by atoms with Crippen LogP contribution in [0.4, 0.5) is 0 Å². The molecule has 0 aliphatic heterocycles. The molecule has 0 aromatic carbocycles. The first kappa shape index (κ1) is 15.4.